The molecule has 0 radical (unpaired) electrons. The Morgan fingerprint density at radius 3 is 1.47 bits per heavy atom. The van der Waals surface area contributed by atoms with Gasteiger partial charge in [0.15, 0.2) is 11.3 Å². The van der Waals surface area contributed by atoms with Crippen LogP contribution in [0.4, 0.5) is 5.69 Å². The first-order valence-electron chi connectivity index (χ1n) is 29.7. The number of nitrogens with one attached hydrogen (secondary N) is 4. The highest BCUT2D eigenvalue weighted by Gasteiger charge is 2.46. The molecule has 10 atom stereocenters. The number of carbonyl (C=O) groups is 12. The maximum Gasteiger partial charge on any atom is 0.329 e. The number of nitrogens with two attached hydrogens (primary N) is 1. The van der Waals surface area contributed by atoms with Crippen molar-refractivity contribution in [1.29, 1.82) is 0 Å². The number of aromatic nitrogens is 1. The van der Waals surface area contributed by atoms with Gasteiger partial charge in [-0.05, 0) is 75.3 Å². The molecule has 4 fully saturated rings. The van der Waals surface area contributed by atoms with Crippen LogP contribution in [0, 0.1) is 23.7 Å². The van der Waals surface area contributed by atoms with E-state index >= 15 is 4.79 Å². The monoisotopic (exact) mass is 1230 g/mol. The van der Waals surface area contributed by atoms with E-state index in [-0.39, 0.29) is 48.4 Å². The lowest BCUT2D eigenvalue weighted by molar-refractivity contribution is -0.163. The molecule has 6 N–H and O–H groups in total. The van der Waals surface area contributed by atoms with Gasteiger partial charge in [-0.25, -0.2) is 14.6 Å². The van der Waals surface area contributed by atoms with Crippen LogP contribution < -0.4 is 32.4 Å². The van der Waals surface area contributed by atoms with Crippen molar-refractivity contribution in [3.8, 4) is 11.5 Å². The van der Waals surface area contributed by atoms with Crippen LogP contribution in [-0.4, -0.2) is 220 Å². The van der Waals surface area contributed by atoms with Gasteiger partial charge in [-0.15, -0.1) is 0 Å². The fourth-order valence-corrected chi connectivity index (χ4v) is 11.9. The van der Waals surface area contributed by atoms with Crippen molar-refractivity contribution in [3.63, 3.8) is 0 Å². The molecule has 28 heteroatoms. The lowest BCUT2D eigenvalue weighted by Gasteiger charge is -2.36. The standard InChI is InChI=1S/C60H82N12O16/c1-27(2)43-57(82)71-22-16-19-34(71)55(80)67(11)25-39(74)69(13)49(29(5)6)59(84)86-31(9)45(53(78)63-43)65-51(76)33-18-15-21-37-47(33)62-48-38(88-37)24-36(73)42(61)41(48)52(77)66-46-32(10)87-60(85)50(30(7)8)70(14)40(75)26-68(12)56(81)35-20-17-23-72(35)58(83)44(28(3)4)64-54(46)79/h15,18,21,24,27-32,34-35,43-46,49-50H,16-17,19-20,22-23,25-26,61H2,1-14H3,(H,63,78)(H,64,79)(H,65,76)(H,66,77). The number of fused-ring (bicyclic) bond motifs is 4. The van der Waals surface area contributed by atoms with Gasteiger partial charge in [-0.2, -0.15) is 0 Å². The van der Waals surface area contributed by atoms with Gasteiger partial charge in [0, 0.05) is 47.3 Å². The predicted octanol–water partition coefficient (Wildman–Crippen LogP) is 0.109. The topological polar surface area (TPSA) is 360 Å². The third-order valence-electron chi connectivity index (χ3n) is 16.8. The summed E-state index contributed by atoms with van der Waals surface area (Å²) in [5, 5.41) is 10.6. The van der Waals surface area contributed by atoms with Gasteiger partial charge in [0.2, 0.25) is 52.7 Å². The minimum Gasteiger partial charge on any atom is -0.458 e. The van der Waals surface area contributed by atoms with Crippen molar-refractivity contribution in [3.05, 3.63) is 45.6 Å². The Balaban J connectivity index is 1.29. The molecular weight excluding hydrogens is 1140 g/mol. The second-order valence-corrected chi connectivity index (χ2v) is 24.7. The number of anilines is 1. The summed E-state index contributed by atoms with van der Waals surface area (Å²) < 4.78 is 18.0. The molecule has 1 aromatic rings. The van der Waals surface area contributed by atoms with Crippen LogP contribution in [0.15, 0.2) is 33.5 Å². The van der Waals surface area contributed by atoms with Crippen LogP contribution in [0.3, 0.4) is 0 Å². The van der Waals surface area contributed by atoms with E-state index in [1.807, 2.05) is 0 Å². The van der Waals surface area contributed by atoms with Gasteiger partial charge in [-0.1, -0.05) is 61.5 Å². The number of amides is 10. The predicted molar refractivity (Wildman–Crippen MR) is 316 cm³/mol. The van der Waals surface area contributed by atoms with Crippen LogP contribution in [-0.2, 0) is 57.4 Å². The summed E-state index contributed by atoms with van der Waals surface area (Å²) >= 11 is 0. The van der Waals surface area contributed by atoms with Crippen molar-refractivity contribution >= 4 is 87.8 Å². The SMILES string of the molecule is CC(C)C1NC(=O)C(NC(=O)c2c3nc4c(C(=O)NC5C(=O)NC(C(C)C)C(=O)N6CCCC6C(=O)N(C)CC(=O)N(C)C(C(C)C)C(=O)OC5C)cccc4oc-3cc(=O)c2N)C(C)OC(=O)C(C(C)C)N(C)C(=O)CN(C)C(=O)C2CCCN2C1=O. The molecule has 478 valence electrons. The van der Waals surface area contributed by atoms with Crippen LogP contribution in [0.25, 0.3) is 22.6 Å². The van der Waals surface area contributed by atoms with Crippen LogP contribution in [0.5, 0.6) is 0 Å². The molecule has 5 heterocycles. The Morgan fingerprint density at radius 1 is 0.614 bits per heavy atom. The molecule has 1 aliphatic carbocycles. The van der Waals surface area contributed by atoms with E-state index in [9.17, 15) is 57.5 Å². The van der Waals surface area contributed by atoms with Crippen LogP contribution in [0.2, 0.25) is 0 Å². The summed E-state index contributed by atoms with van der Waals surface area (Å²) in [4.78, 5) is 198. The number of carbonyl (C=O) groups excluding carboxylic acids is 12. The summed E-state index contributed by atoms with van der Waals surface area (Å²) in [5.74, 6) is -12.4. The maximum atomic E-state index is 15.0. The molecule has 10 unspecified atom stereocenters. The number of hydrogen-bond acceptors (Lipinski definition) is 18. The minimum atomic E-state index is -1.88. The lowest BCUT2D eigenvalue weighted by atomic mass is 9.99. The molecule has 5 aliphatic heterocycles. The van der Waals surface area contributed by atoms with E-state index in [4.69, 9.17) is 19.6 Å². The van der Waals surface area contributed by atoms with Gasteiger partial charge in [0.25, 0.3) is 11.8 Å². The van der Waals surface area contributed by atoms with Gasteiger partial charge in [-0.3, -0.25) is 52.7 Å². The van der Waals surface area contributed by atoms with E-state index in [2.05, 4.69) is 26.3 Å². The Labute approximate surface area is 509 Å². The van der Waals surface area contributed by atoms with Gasteiger partial charge < -0.3 is 70.3 Å². The van der Waals surface area contributed by atoms with E-state index in [0.717, 1.165) is 15.9 Å². The van der Waals surface area contributed by atoms with Gasteiger partial charge in [0.1, 0.15) is 71.8 Å². The smallest absolute Gasteiger partial charge is 0.329 e. The van der Waals surface area contributed by atoms with Crippen molar-refractivity contribution in [2.75, 3.05) is 60.1 Å². The van der Waals surface area contributed by atoms with Gasteiger partial charge in [0.05, 0.1) is 29.9 Å². The average Bonchev–Trinajstić information content (AvgIpc) is 1.63. The van der Waals surface area contributed by atoms with Crippen molar-refractivity contribution in [2.45, 2.75) is 155 Å². The molecule has 0 spiro atoms. The third kappa shape index (κ3) is 13.7. The number of esters is 2. The number of likely N-dealkylation sites (N-methyl/N-ethyl adjacent to an activating group) is 4. The zero-order chi connectivity index (χ0) is 65.2. The summed E-state index contributed by atoms with van der Waals surface area (Å²) in [7, 11) is 5.57. The first-order chi connectivity index (χ1) is 41.3. The second kappa shape index (κ2) is 27.1. The number of ether oxygens (including phenoxy) is 2. The number of nitrogens with zero attached hydrogens (tertiary/aromatic N) is 7. The molecule has 28 nitrogen and oxygen atoms in total. The molecule has 4 saturated heterocycles. The van der Waals surface area contributed by atoms with Crippen molar-refractivity contribution in [2.24, 2.45) is 23.7 Å². The number of nitrogen functional groups attached to an aromatic ring is 1. The Kier molecular flexibility index (Phi) is 20.6. The van der Waals surface area contributed by atoms with E-state index < -0.39 is 191 Å². The highest BCUT2D eigenvalue weighted by Crippen LogP contribution is 2.32. The average molecular weight is 1230 g/mol. The molecule has 6 aliphatic rings. The number of benzene rings is 2. The quantitative estimate of drug-likeness (QED) is 0.113. The zero-order valence-electron chi connectivity index (χ0n) is 52.3. The van der Waals surface area contributed by atoms with Crippen LogP contribution >= 0.6 is 0 Å². The molecular formula is C60H82N12O16. The Bertz CT molecular complexity index is 3310. The third-order valence-corrected chi connectivity index (χ3v) is 16.8. The molecule has 10 amide bonds. The molecule has 0 bridgehead atoms. The first-order valence-corrected chi connectivity index (χ1v) is 29.7. The number of rotatable bonds is 8. The van der Waals surface area contributed by atoms with E-state index in [1.54, 1.807) is 55.4 Å². The molecule has 1 aromatic carbocycles. The summed E-state index contributed by atoms with van der Waals surface area (Å²) in [5.41, 5.74) is 3.01. The largest absolute Gasteiger partial charge is 0.458 e. The normalized spacial score (nSPS) is 26.5. The Morgan fingerprint density at radius 2 is 1.05 bits per heavy atom. The highest BCUT2D eigenvalue weighted by molar-refractivity contribution is 6.10. The molecule has 0 saturated carbocycles. The lowest BCUT2D eigenvalue weighted by Crippen LogP contribution is -2.61. The Hall–Kier alpha value is -8.72. The number of cyclic esters (lactones) is 2. The fraction of sp³-hybridized carbons (Fsp3) is 0.600. The van der Waals surface area contributed by atoms with Crippen LogP contribution in [0.1, 0.15) is 116 Å². The summed E-state index contributed by atoms with van der Waals surface area (Å²) in [6.07, 6.45) is -1.64. The van der Waals surface area contributed by atoms with E-state index in [1.165, 1.54) is 79.8 Å². The van der Waals surface area contributed by atoms with Crippen molar-refractivity contribution in [1.82, 2.24) is 55.7 Å². The summed E-state index contributed by atoms with van der Waals surface area (Å²) in [6, 6.07) is -5.67. The number of hydrogen-bond donors (Lipinski definition) is 5. The van der Waals surface area contributed by atoms with E-state index in [0.29, 0.717) is 12.8 Å². The second-order valence-electron chi connectivity index (χ2n) is 24.7. The van der Waals surface area contributed by atoms with Gasteiger partial charge >= 0.3 is 11.9 Å². The molecule has 88 heavy (non-hydrogen) atoms. The fourth-order valence-electron chi connectivity index (χ4n) is 11.9. The zero-order valence-corrected chi connectivity index (χ0v) is 52.3. The summed E-state index contributed by atoms with van der Waals surface area (Å²) in [6.45, 7) is 15.4. The molecule has 7 rings (SSSR count). The maximum absolute atomic E-state index is 15.0. The number of para-hydroxylation sites is 1. The van der Waals surface area contributed by atoms with Crippen molar-refractivity contribution < 1.29 is 71.4 Å². The first kappa shape index (κ1) is 66.8. The highest BCUT2D eigenvalue weighted by atomic mass is 16.6. The minimum absolute atomic E-state index is 0.130. The molecule has 0 aromatic heterocycles.